The van der Waals surface area contributed by atoms with Crippen molar-refractivity contribution in [3.8, 4) is 0 Å². The van der Waals surface area contributed by atoms with E-state index >= 15 is 0 Å². The molecular formula is C11H20FNO4S. The van der Waals surface area contributed by atoms with Crippen molar-refractivity contribution in [2.24, 2.45) is 5.92 Å². The van der Waals surface area contributed by atoms with Crippen molar-refractivity contribution in [2.45, 2.75) is 38.6 Å². The molecule has 0 aliphatic carbocycles. The van der Waals surface area contributed by atoms with E-state index in [1.165, 1.54) is 4.31 Å². The molecule has 7 heteroatoms. The Hall–Kier alpha value is -0.690. The highest BCUT2D eigenvalue weighted by molar-refractivity contribution is 7.89. The van der Waals surface area contributed by atoms with Crippen LogP contribution in [0.2, 0.25) is 0 Å². The van der Waals surface area contributed by atoms with Crippen LogP contribution in [-0.2, 0) is 14.8 Å². The molecule has 0 amide bonds. The second kappa shape index (κ2) is 6.47. The van der Waals surface area contributed by atoms with Gasteiger partial charge in [-0.2, -0.15) is 4.31 Å². The number of alkyl halides is 1. The zero-order valence-corrected chi connectivity index (χ0v) is 11.3. The number of piperidine rings is 1. The van der Waals surface area contributed by atoms with Gasteiger partial charge in [0.15, 0.2) is 0 Å². The lowest BCUT2D eigenvalue weighted by Gasteiger charge is -2.35. The van der Waals surface area contributed by atoms with Gasteiger partial charge in [-0.3, -0.25) is 9.18 Å². The van der Waals surface area contributed by atoms with Crippen LogP contribution < -0.4 is 0 Å². The second-order valence-electron chi connectivity index (χ2n) is 4.74. The lowest BCUT2D eigenvalue weighted by atomic mass is 9.96. The summed E-state index contributed by atoms with van der Waals surface area (Å²) in [7, 11) is -3.47. The van der Waals surface area contributed by atoms with E-state index in [2.05, 4.69) is 0 Å². The molecular weight excluding hydrogens is 261 g/mol. The van der Waals surface area contributed by atoms with Gasteiger partial charge in [0.2, 0.25) is 10.0 Å². The van der Waals surface area contributed by atoms with Crippen molar-refractivity contribution < 1.29 is 22.7 Å². The van der Waals surface area contributed by atoms with E-state index in [1.807, 2.05) is 0 Å². The van der Waals surface area contributed by atoms with E-state index in [4.69, 9.17) is 5.11 Å². The lowest BCUT2D eigenvalue weighted by Crippen LogP contribution is -2.48. The lowest BCUT2D eigenvalue weighted by molar-refractivity contribution is -0.143. The topological polar surface area (TPSA) is 74.7 Å². The third-order valence-electron chi connectivity index (χ3n) is 3.32. The Balaban J connectivity index is 2.69. The minimum Gasteiger partial charge on any atom is -0.481 e. The van der Waals surface area contributed by atoms with Gasteiger partial charge in [0.1, 0.15) is 0 Å². The first-order valence-corrected chi connectivity index (χ1v) is 7.77. The van der Waals surface area contributed by atoms with Crippen LogP contribution >= 0.6 is 0 Å². The maximum Gasteiger partial charge on any atom is 0.307 e. The van der Waals surface area contributed by atoms with Gasteiger partial charge < -0.3 is 5.11 Å². The van der Waals surface area contributed by atoms with Crippen molar-refractivity contribution in [2.75, 3.05) is 19.0 Å². The number of unbranched alkanes of at least 4 members (excludes halogenated alkanes) is 1. The SMILES string of the molecule is CC1CCC(C(=O)O)CN1S(=O)(=O)CCCCF. The average Bonchev–Trinajstić information content (AvgIpc) is 2.29. The predicted molar refractivity (Wildman–Crippen MR) is 65.5 cm³/mol. The highest BCUT2D eigenvalue weighted by Gasteiger charge is 2.36. The minimum absolute atomic E-state index is 0.0362. The monoisotopic (exact) mass is 281 g/mol. The zero-order valence-electron chi connectivity index (χ0n) is 10.5. The van der Waals surface area contributed by atoms with Crippen LogP contribution in [0, 0.1) is 5.92 Å². The second-order valence-corrected chi connectivity index (χ2v) is 6.78. The fraction of sp³-hybridized carbons (Fsp3) is 0.909. The number of hydrogen-bond acceptors (Lipinski definition) is 3. The number of aliphatic carboxylic acids is 1. The minimum atomic E-state index is -3.47. The van der Waals surface area contributed by atoms with E-state index in [9.17, 15) is 17.6 Å². The first-order valence-electron chi connectivity index (χ1n) is 6.16. The summed E-state index contributed by atoms with van der Waals surface area (Å²) in [6, 6.07) is -0.170. The van der Waals surface area contributed by atoms with E-state index in [1.54, 1.807) is 6.92 Å². The standard InChI is InChI=1S/C11H20FNO4S/c1-9-4-5-10(11(14)15)8-13(9)18(16,17)7-3-2-6-12/h9-10H,2-8H2,1H3,(H,14,15). The number of halogens is 1. The Kier molecular flexibility index (Phi) is 5.52. The summed E-state index contributed by atoms with van der Waals surface area (Å²) in [4.78, 5) is 10.9. The molecule has 106 valence electrons. The Morgan fingerprint density at radius 1 is 1.39 bits per heavy atom. The number of nitrogens with zero attached hydrogens (tertiary/aromatic N) is 1. The largest absolute Gasteiger partial charge is 0.481 e. The van der Waals surface area contributed by atoms with Crippen LogP contribution in [0.4, 0.5) is 4.39 Å². The number of carboxylic acid groups (broad SMARTS) is 1. The fourth-order valence-corrected chi connectivity index (χ4v) is 4.02. The molecule has 2 atom stereocenters. The Bertz CT molecular complexity index is 385. The van der Waals surface area contributed by atoms with Crippen LogP contribution in [0.15, 0.2) is 0 Å². The first kappa shape index (κ1) is 15.4. The maximum absolute atomic E-state index is 12.0. The van der Waals surface area contributed by atoms with Gasteiger partial charge in [-0.1, -0.05) is 0 Å². The fourth-order valence-electron chi connectivity index (χ4n) is 2.16. The molecule has 0 radical (unpaired) electrons. The van der Waals surface area contributed by atoms with Crippen molar-refractivity contribution in [3.63, 3.8) is 0 Å². The molecule has 18 heavy (non-hydrogen) atoms. The molecule has 0 bridgehead atoms. The predicted octanol–water partition coefficient (Wildman–Crippen LogP) is 1.25. The highest BCUT2D eigenvalue weighted by Crippen LogP contribution is 2.25. The summed E-state index contributed by atoms with van der Waals surface area (Å²) in [5, 5.41) is 8.95. The molecule has 0 aromatic carbocycles. The molecule has 0 aromatic rings. The van der Waals surface area contributed by atoms with Gasteiger partial charge in [0, 0.05) is 12.6 Å². The highest BCUT2D eigenvalue weighted by atomic mass is 32.2. The number of carbonyl (C=O) groups is 1. The molecule has 1 heterocycles. The number of rotatable bonds is 6. The summed E-state index contributed by atoms with van der Waals surface area (Å²) in [5.74, 6) is -1.68. The van der Waals surface area contributed by atoms with Crippen LogP contribution in [-0.4, -0.2) is 48.8 Å². The van der Waals surface area contributed by atoms with Gasteiger partial charge in [0.05, 0.1) is 18.3 Å². The molecule has 1 rings (SSSR count). The van der Waals surface area contributed by atoms with Crippen molar-refractivity contribution in [1.29, 1.82) is 0 Å². The van der Waals surface area contributed by atoms with Crippen LogP contribution in [0.1, 0.15) is 32.6 Å². The Labute approximate surface area is 107 Å². The molecule has 1 aliphatic rings. The molecule has 1 saturated heterocycles. The van der Waals surface area contributed by atoms with Gasteiger partial charge in [0.25, 0.3) is 0 Å². The quantitative estimate of drug-likeness (QED) is 0.744. The molecule has 1 N–H and O–H groups in total. The Morgan fingerprint density at radius 2 is 2.06 bits per heavy atom. The average molecular weight is 281 g/mol. The van der Waals surface area contributed by atoms with Gasteiger partial charge >= 0.3 is 5.97 Å². The number of hydrogen-bond donors (Lipinski definition) is 1. The summed E-state index contributed by atoms with van der Waals surface area (Å²) >= 11 is 0. The van der Waals surface area contributed by atoms with Crippen molar-refractivity contribution in [1.82, 2.24) is 4.31 Å². The number of carboxylic acids is 1. The molecule has 1 fully saturated rings. The van der Waals surface area contributed by atoms with E-state index in [0.29, 0.717) is 12.8 Å². The molecule has 0 aromatic heterocycles. The molecule has 5 nitrogen and oxygen atoms in total. The molecule has 1 aliphatic heterocycles. The summed E-state index contributed by atoms with van der Waals surface area (Å²) in [6.45, 7) is 1.29. The summed E-state index contributed by atoms with van der Waals surface area (Å²) in [6.07, 6.45) is 1.57. The van der Waals surface area contributed by atoms with E-state index in [-0.39, 0.29) is 31.2 Å². The zero-order chi connectivity index (χ0) is 13.8. The summed E-state index contributed by atoms with van der Waals surface area (Å²) < 4.78 is 37.3. The molecule has 0 saturated carbocycles. The molecule has 2 unspecified atom stereocenters. The third kappa shape index (κ3) is 3.91. The number of sulfonamides is 1. The molecule has 0 spiro atoms. The van der Waals surface area contributed by atoms with Gasteiger partial charge in [-0.25, -0.2) is 8.42 Å². The van der Waals surface area contributed by atoms with Crippen LogP contribution in [0.25, 0.3) is 0 Å². The third-order valence-corrected chi connectivity index (χ3v) is 5.35. The van der Waals surface area contributed by atoms with Crippen LogP contribution in [0.3, 0.4) is 0 Å². The normalized spacial score (nSPS) is 26.1. The van der Waals surface area contributed by atoms with Crippen molar-refractivity contribution in [3.05, 3.63) is 0 Å². The smallest absolute Gasteiger partial charge is 0.307 e. The van der Waals surface area contributed by atoms with Gasteiger partial charge in [-0.15, -0.1) is 0 Å². The Morgan fingerprint density at radius 3 is 2.61 bits per heavy atom. The van der Waals surface area contributed by atoms with Crippen LogP contribution in [0.5, 0.6) is 0 Å². The first-order chi connectivity index (χ1) is 8.38. The van der Waals surface area contributed by atoms with Crippen molar-refractivity contribution >= 4 is 16.0 Å². The maximum atomic E-state index is 12.0. The summed E-state index contributed by atoms with van der Waals surface area (Å²) in [5.41, 5.74) is 0. The van der Waals surface area contributed by atoms with E-state index in [0.717, 1.165) is 0 Å². The van der Waals surface area contributed by atoms with E-state index < -0.39 is 28.6 Å². The van der Waals surface area contributed by atoms with Gasteiger partial charge in [-0.05, 0) is 32.6 Å².